The number of rotatable bonds is 6. The third-order valence-corrected chi connectivity index (χ3v) is 3.43. The summed E-state index contributed by atoms with van der Waals surface area (Å²) in [4.78, 5) is 11.9. The highest BCUT2D eigenvalue weighted by molar-refractivity contribution is 6.31. The molecule has 1 unspecified atom stereocenters. The van der Waals surface area contributed by atoms with Crippen LogP contribution in [0, 0.1) is 0 Å². The number of hydrogen-bond acceptors (Lipinski definition) is 3. The smallest absolute Gasteiger partial charge is 0.248 e. The standard InChI is InChI=1S/C17H20ClNO3/c1-2-3-4-7-17(20)19-15-11-13(18)8-9-16(15)22-12-14-6-5-10-21-14/h2-4,7-9,11,14H,5-6,10,12H2,1H3,(H,19,20)/b3-2+,7-4+. The average Bonchev–Trinajstić information content (AvgIpc) is 3.00. The number of carbonyl (C=O) groups excluding carboxylic acids is 1. The normalized spacial score (nSPS) is 18.2. The first-order chi connectivity index (χ1) is 10.7. The number of carbonyl (C=O) groups is 1. The maximum Gasteiger partial charge on any atom is 0.248 e. The summed E-state index contributed by atoms with van der Waals surface area (Å²) >= 11 is 5.99. The molecule has 0 bridgehead atoms. The summed E-state index contributed by atoms with van der Waals surface area (Å²) in [6, 6.07) is 5.16. The first kappa shape index (κ1) is 16.6. The van der Waals surface area contributed by atoms with Gasteiger partial charge in [-0.3, -0.25) is 4.79 Å². The Hall–Kier alpha value is -1.78. The SMILES string of the molecule is C/C=C/C=C/C(=O)Nc1cc(Cl)ccc1OCC1CCCO1. The number of anilines is 1. The first-order valence-electron chi connectivity index (χ1n) is 7.33. The molecule has 1 aliphatic rings. The lowest BCUT2D eigenvalue weighted by Gasteiger charge is -2.15. The van der Waals surface area contributed by atoms with Gasteiger partial charge in [-0.15, -0.1) is 0 Å². The Labute approximate surface area is 135 Å². The van der Waals surface area contributed by atoms with E-state index in [4.69, 9.17) is 21.1 Å². The van der Waals surface area contributed by atoms with Crippen LogP contribution >= 0.6 is 11.6 Å². The second kappa shape index (κ2) is 8.61. The zero-order chi connectivity index (χ0) is 15.8. The number of hydrogen-bond donors (Lipinski definition) is 1. The van der Waals surface area contributed by atoms with E-state index in [0.717, 1.165) is 19.4 Å². The Bertz CT molecular complexity index is 563. The fourth-order valence-electron chi connectivity index (χ4n) is 2.11. The molecule has 1 heterocycles. The van der Waals surface area contributed by atoms with Crippen molar-refractivity contribution in [2.45, 2.75) is 25.9 Å². The summed E-state index contributed by atoms with van der Waals surface area (Å²) in [5.74, 6) is 0.356. The number of benzene rings is 1. The van der Waals surface area contributed by atoms with Crippen LogP contribution < -0.4 is 10.1 Å². The predicted octanol–water partition coefficient (Wildman–Crippen LogP) is 3.97. The lowest BCUT2D eigenvalue weighted by atomic mass is 10.2. The summed E-state index contributed by atoms with van der Waals surface area (Å²) in [5.41, 5.74) is 0.556. The summed E-state index contributed by atoms with van der Waals surface area (Å²) in [7, 11) is 0. The number of halogens is 1. The van der Waals surface area contributed by atoms with Crippen molar-refractivity contribution in [2.75, 3.05) is 18.5 Å². The van der Waals surface area contributed by atoms with Crippen LogP contribution in [0.25, 0.3) is 0 Å². The van der Waals surface area contributed by atoms with Crippen LogP contribution in [0.2, 0.25) is 5.02 Å². The molecule has 1 amide bonds. The Morgan fingerprint density at radius 1 is 1.50 bits per heavy atom. The quantitative estimate of drug-likeness (QED) is 0.637. The first-order valence-corrected chi connectivity index (χ1v) is 7.71. The highest BCUT2D eigenvalue weighted by atomic mass is 35.5. The lowest BCUT2D eigenvalue weighted by Crippen LogP contribution is -2.17. The van der Waals surface area contributed by atoms with Crippen LogP contribution in [-0.4, -0.2) is 25.2 Å². The molecule has 0 aliphatic carbocycles. The molecule has 5 heteroatoms. The molecule has 0 radical (unpaired) electrons. The van der Waals surface area contributed by atoms with E-state index < -0.39 is 0 Å². The number of amides is 1. The van der Waals surface area contributed by atoms with E-state index in [-0.39, 0.29) is 12.0 Å². The van der Waals surface area contributed by atoms with Gasteiger partial charge in [-0.2, -0.15) is 0 Å². The average molecular weight is 322 g/mol. The lowest BCUT2D eigenvalue weighted by molar-refractivity contribution is -0.111. The van der Waals surface area contributed by atoms with Gasteiger partial charge in [-0.05, 0) is 38.0 Å². The van der Waals surface area contributed by atoms with Gasteiger partial charge in [0.2, 0.25) is 5.91 Å². The van der Waals surface area contributed by atoms with Gasteiger partial charge in [0.1, 0.15) is 12.4 Å². The molecule has 4 nitrogen and oxygen atoms in total. The molecule has 1 aromatic rings. The van der Waals surface area contributed by atoms with Crippen molar-refractivity contribution in [3.63, 3.8) is 0 Å². The van der Waals surface area contributed by atoms with E-state index in [9.17, 15) is 4.79 Å². The van der Waals surface area contributed by atoms with Crippen molar-refractivity contribution in [1.29, 1.82) is 0 Å². The minimum absolute atomic E-state index is 0.119. The van der Waals surface area contributed by atoms with Gasteiger partial charge in [0.05, 0.1) is 11.8 Å². The van der Waals surface area contributed by atoms with E-state index in [0.29, 0.717) is 23.1 Å². The van der Waals surface area contributed by atoms with Crippen LogP contribution in [0.15, 0.2) is 42.5 Å². The molecular formula is C17H20ClNO3. The van der Waals surface area contributed by atoms with E-state index >= 15 is 0 Å². The van der Waals surface area contributed by atoms with Crippen molar-refractivity contribution in [1.82, 2.24) is 0 Å². The zero-order valence-corrected chi connectivity index (χ0v) is 13.3. The summed E-state index contributed by atoms with van der Waals surface area (Å²) < 4.78 is 11.3. The summed E-state index contributed by atoms with van der Waals surface area (Å²) in [5, 5.41) is 3.31. The fraction of sp³-hybridized carbons (Fsp3) is 0.353. The number of ether oxygens (including phenoxy) is 2. The number of allylic oxidation sites excluding steroid dienone is 3. The molecular weight excluding hydrogens is 302 g/mol. The largest absolute Gasteiger partial charge is 0.489 e. The molecule has 1 N–H and O–H groups in total. The molecule has 1 aliphatic heterocycles. The molecule has 1 fully saturated rings. The minimum Gasteiger partial charge on any atom is -0.489 e. The van der Waals surface area contributed by atoms with E-state index in [1.165, 1.54) is 6.08 Å². The van der Waals surface area contributed by atoms with E-state index in [1.54, 1.807) is 30.4 Å². The highest BCUT2D eigenvalue weighted by Gasteiger charge is 2.17. The molecule has 1 aromatic carbocycles. The van der Waals surface area contributed by atoms with Crippen molar-refractivity contribution in [2.24, 2.45) is 0 Å². The van der Waals surface area contributed by atoms with Gasteiger partial charge >= 0.3 is 0 Å². The second-order valence-corrected chi connectivity index (χ2v) is 5.40. The highest BCUT2D eigenvalue weighted by Crippen LogP contribution is 2.29. The summed E-state index contributed by atoms with van der Waals surface area (Å²) in [6.45, 7) is 3.14. The fourth-order valence-corrected chi connectivity index (χ4v) is 2.28. The molecule has 118 valence electrons. The van der Waals surface area contributed by atoms with Crippen LogP contribution in [0.3, 0.4) is 0 Å². The van der Waals surface area contributed by atoms with Crippen molar-refractivity contribution >= 4 is 23.2 Å². The zero-order valence-electron chi connectivity index (χ0n) is 12.5. The van der Waals surface area contributed by atoms with Crippen LogP contribution in [0.5, 0.6) is 5.75 Å². The molecule has 1 saturated heterocycles. The van der Waals surface area contributed by atoms with Gasteiger partial charge in [0, 0.05) is 17.7 Å². The number of nitrogens with one attached hydrogen (secondary N) is 1. The third-order valence-electron chi connectivity index (χ3n) is 3.20. The molecule has 1 atom stereocenters. The van der Waals surface area contributed by atoms with Gasteiger partial charge in [-0.25, -0.2) is 0 Å². The molecule has 0 spiro atoms. The summed E-state index contributed by atoms with van der Waals surface area (Å²) in [6.07, 6.45) is 8.94. The molecule has 0 aromatic heterocycles. The topological polar surface area (TPSA) is 47.6 Å². The third kappa shape index (κ3) is 5.20. The predicted molar refractivity (Wildman–Crippen MR) is 88.5 cm³/mol. The van der Waals surface area contributed by atoms with E-state index in [1.807, 2.05) is 13.0 Å². The van der Waals surface area contributed by atoms with Crippen LogP contribution in [0.1, 0.15) is 19.8 Å². The molecule has 22 heavy (non-hydrogen) atoms. The van der Waals surface area contributed by atoms with Gasteiger partial charge < -0.3 is 14.8 Å². The Morgan fingerprint density at radius 3 is 3.09 bits per heavy atom. The maximum absolute atomic E-state index is 11.9. The van der Waals surface area contributed by atoms with Crippen molar-refractivity contribution < 1.29 is 14.3 Å². The van der Waals surface area contributed by atoms with Crippen LogP contribution in [0.4, 0.5) is 5.69 Å². The monoisotopic (exact) mass is 321 g/mol. The van der Waals surface area contributed by atoms with Crippen molar-refractivity contribution in [3.8, 4) is 5.75 Å². The van der Waals surface area contributed by atoms with Gasteiger partial charge in [0.25, 0.3) is 0 Å². The minimum atomic E-state index is -0.234. The maximum atomic E-state index is 11.9. The Kier molecular flexibility index (Phi) is 6.49. The molecule has 0 saturated carbocycles. The second-order valence-electron chi connectivity index (χ2n) is 4.96. The van der Waals surface area contributed by atoms with Crippen molar-refractivity contribution in [3.05, 3.63) is 47.5 Å². The Balaban J connectivity index is 2.01. The van der Waals surface area contributed by atoms with Gasteiger partial charge in [0.15, 0.2) is 0 Å². The van der Waals surface area contributed by atoms with E-state index in [2.05, 4.69) is 5.32 Å². The van der Waals surface area contributed by atoms with Crippen LogP contribution in [-0.2, 0) is 9.53 Å². The Morgan fingerprint density at radius 2 is 2.36 bits per heavy atom. The molecule has 2 rings (SSSR count). The van der Waals surface area contributed by atoms with Gasteiger partial charge in [-0.1, -0.05) is 29.8 Å².